The van der Waals surface area contributed by atoms with Crippen molar-refractivity contribution in [1.82, 2.24) is 5.32 Å². The van der Waals surface area contributed by atoms with Crippen LogP contribution in [-0.2, 0) is 18.4 Å². The van der Waals surface area contributed by atoms with E-state index in [1.807, 2.05) is 0 Å². The SMILES string of the molecule is CC(C)(C)c1ccc2c(c1)CCNC2.Cl. The summed E-state index contributed by atoms with van der Waals surface area (Å²) in [6.45, 7) is 8.99. The molecule has 84 valence electrons. The number of nitrogens with one attached hydrogen (secondary N) is 1. The lowest BCUT2D eigenvalue weighted by atomic mass is 9.84. The molecular formula is C13H20ClN. The minimum Gasteiger partial charge on any atom is -0.312 e. The third-order valence-electron chi connectivity index (χ3n) is 2.96. The maximum absolute atomic E-state index is 3.40. The Balaban J connectivity index is 0.00000112. The van der Waals surface area contributed by atoms with Crippen LogP contribution in [0.1, 0.15) is 37.5 Å². The molecule has 1 aliphatic rings. The predicted octanol–water partition coefficient (Wildman–Crippen LogP) is 3.05. The lowest BCUT2D eigenvalue weighted by molar-refractivity contribution is 0.583. The fraction of sp³-hybridized carbons (Fsp3) is 0.538. The van der Waals surface area contributed by atoms with Crippen molar-refractivity contribution in [3.63, 3.8) is 0 Å². The molecule has 0 fully saturated rings. The second kappa shape index (κ2) is 4.54. The molecule has 0 spiro atoms. The smallest absolute Gasteiger partial charge is 0.0208 e. The number of fused-ring (bicyclic) bond motifs is 1. The minimum absolute atomic E-state index is 0. The Bertz CT molecular complexity index is 339. The fourth-order valence-corrected chi connectivity index (χ4v) is 1.94. The molecule has 1 N–H and O–H groups in total. The number of rotatable bonds is 0. The van der Waals surface area contributed by atoms with Crippen molar-refractivity contribution >= 4 is 12.4 Å². The second-order valence-corrected chi connectivity index (χ2v) is 5.16. The van der Waals surface area contributed by atoms with Crippen molar-refractivity contribution < 1.29 is 0 Å². The van der Waals surface area contributed by atoms with Gasteiger partial charge in [0.1, 0.15) is 0 Å². The van der Waals surface area contributed by atoms with Crippen molar-refractivity contribution in [2.24, 2.45) is 0 Å². The molecule has 2 rings (SSSR count). The summed E-state index contributed by atoms with van der Waals surface area (Å²) < 4.78 is 0. The Morgan fingerprint density at radius 2 is 1.87 bits per heavy atom. The van der Waals surface area contributed by atoms with Crippen LogP contribution < -0.4 is 5.32 Å². The Kier molecular flexibility index (Phi) is 3.80. The van der Waals surface area contributed by atoms with Crippen LogP contribution in [0.3, 0.4) is 0 Å². The Hall–Kier alpha value is -0.530. The van der Waals surface area contributed by atoms with Crippen LogP contribution in [0.15, 0.2) is 18.2 Å². The molecule has 0 bridgehead atoms. The molecule has 0 radical (unpaired) electrons. The molecule has 1 aliphatic heterocycles. The topological polar surface area (TPSA) is 12.0 Å². The van der Waals surface area contributed by atoms with Gasteiger partial charge in [-0.05, 0) is 35.1 Å². The van der Waals surface area contributed by atoms with Crippen LogP contribution >= 0.6 is 12.4 Å². The summed E-state index contributed by atoms with van der Waals surface area (Å²) in [5.74, 6) is 0. The lowest BCUT2D eigenvalue weighted by Crippen LogP contribution is -2.24. The number of hydrogen-bond donors (Lipinski definition) is 1. The highest BCUT2D eigenvalue weighted by molar-refractivity contribution is 5.85. The summed E-state index contributed by atoms with van der Waals surface area (Å²) in [6, 6.07) is 6.93. The van der Waals surface area contributed by atoms with Crippen molar-refractivity contribution in [3.05, 3.63) is 34.9 Å². The standard InChI is InChI=1S/C13H19N.ClH/c1-13(2,3)12-5-4-11-9-14-7-6-10(11)8-12;/h4-5,8,14H,6-7,9H2,1-3H3;1H. The van der Waals surface area contributed by atoms with Crippen LogP contribution in [0.2, 0.25) is 0 Å². The first-order valence-corrected chi connectivity index (χ1v) is 5.40. The molecule has 2 heteroatoms. The third-order valence-corrected chi connectivity index (χ3v) is 2.96. The zero-order valence-electron chi connectivity index (χ0n) is 9.76. The van der Waals surface area contributed by atoms with E-state index < -0.39 is 0 Å². The van der Waals surface area contributed by atoms with Gasteiger partial charge in [0, 0.05) is 6.54 Å². The van der Waals surface area contributed by atoms with Crippen molar-refractivity contribution in [2.45, 2.75) is 39.2 Å². The molecule has 0 saturated carbocycles. The van der Waals surface area contributed by atoms with Crippen LogP contribution in [0, 0.1) is 0 Å². The monoisotopic (exact) mass is 225 g/mol. The number of hydrogen-bond acceptors (Lipinski definition) is 1. The van der Waals surface area contributed by atoms with Gasteiger partial charge in [-0.2, -0.15) is 0 Å². The summed E-state index contributed by atoms with van der Waals surface area (Å²) >= 11 is 0. The predicted molar refractivity (Wildman–Crippen MR) is 67.8 cm³/mol. The van der Waals surface area contributed by atoms with Gasteiger partial charge in [0.05, 0.1) is 0 Å². The first-order chi connectivity index (χ1) is 6.57. The zero-order valence-corrected chi connectivity index (χ0v) is 10.6. The maximum Gasteiger partial charge on any atom is 0.0208 e. The molecule has 1 heterocycles. The van der Waals surface area contributed by atoms with Gasteiger partial charge in [-0.3, -0.25) is 0 Å². The minimum atomic E-state index is 0. The van der Waals surface area contributed by atoms with E-state index in [9.17, 15) is 0 Å². The summed E-state index contributed by atoms with van der Waals surface area (Å²) in [7, 11) is 0. The van der Waals surface area contributed by atoms with E-state index in [0.29, 0.717) is 0 Å². The van der Waals surface area contributed by atoms with Crippen molar-refractivity contribution in [1.29, 1.82) is 0 Å². The first-order valence-electron chi connectivity index (χ1n) is 5.40. The third kappa shape index (κ3) is 2.73. The summed E-state index contributed by atoms with van der Waals surface area (Å²) in [5, 5.41) is 3.40. The van der Waals surface area contributed by atoms with E-state index in [1.165, 1.54) is 23.1 Å². The molecule has 1 nitrogen and oxygen atoms in total. The fourth-order valence-electron chi connectivity index (χ4n) is 1.94. The van der Waals surface area contributed by atoms with Crippen molar-refractivity contribution in [2.75, 3.05) is 6.54 Å². The summed E-state index contributed by atoms with van der Waals surface area (Å²) in [6.07, 6.45) is 1.18. The van der Waals surface area contributed by atoms with E-state index in [4.69, 9.17) is 0 Å². The maximum atomic E-state index is 3.40. The van der Waals surface area contributed by atoms with E-state index in [-0.39, 0.29) is 17.8 Å². The lowest BCUT2D eigenvalue weighted by Gasteiger charge is -2.23. The van der Waals surface area contributed by atoms with E-state index in [0.717, 1.165) is 13.1 Å². The molecule has 0 atom stereocenters. The molecule has 0 aromatic heterocycles. The summed E-state index contributed by atoms with van der Waals surface area (Å²) in [5.41, 5.74) is 4.75. The Labute approximate surface area is 98.7 Å². The highest BCUT2D eigenvalue weighted by Crippen LogP contribution is 2.25. The average Bonchev–Trinajstić information content (AvgIpc) is 2.16. The van der Waals surface area contributed by atoms with Crippen molar-refractivity contribution in [3.8, 4) is 0 Å². The van der Waals surface area contributed by atoms with E-state index >= 15 is 0 Å². The van der Waals surface area contributed by atoms with Gasteiger partial charge >= 0.3 is 0 Å². The van der Waals surface area contributed by atoms with Crippen LogP contribution in [0.25, 0.3) is 0 Å². The van der Waals surface area contributed by atoms with Gasteiger partial charge < -0.3 is 5.32 Å². The van der Waals surface area contributed by atoms with Gasteiger partial charge in [-0.1, -0.05) is 39.0 Å². The average molecular weight is 226 g/mol. The van der Waals surface area contributed by atoms with Gasteiger partial charge in [0.15, 0.2) is 0 Å². The quantitative estimate of drug-likeness (QED) is 0.716. The molecule has 0 unspecified atom stereocenters. The van der Waals surface area contributed by atoms with Gasteiger partial charge in [-0.25, -0.2) is 0 Å². The van der Waals surface area contributed by atoms with Crippen LogP contribution in [0.5, 0.6) is 0 Å². The van der Waals surface area contributed by atoms with E-state index in [2.05, 4.69) is 44.3 Å². The number of benzene rings is 1. The highest BCUT2D eigenvalue weighted by Gasteiger charge is 2.16. The second-order valence-electron chi connectivity index (χ2n) is 5.16. The van der Waals surface area contributed by atoms with Gasteiger partial charge in [-0.15, -0.1) is 12.4 Å². The molecule has 1 aromatic carbocycles. The van der Waals surface area contributed by atoms with Gasteiger partial charge in [0.25, 0.3) is 0 Å². The molecule has 15 heavy (non-hydrogen) atoms. The summed E-state index contributed by atoms with van der Waals surface area (Å²) in [4.78, 5) is 0. The molecule has 0 amide bonds. The molecular weight excluding hydrogens is 206 g/mol. The highest BCUT2D eigenvalue weighted by atomic mass is 35.5. The Morgan fingerprint density at radius 3 is 2.53 bits per heavy atom. The molecule has 0 aliphatic carbocycles. The van der Waals surface area contributed by atoms with E-state index in [1.54, 1.807) is 0 Å². The first kappa shape index (κ1) is 12.5. The van der Waals surface area contributed by atoms with Gasteiger partial charge in [0.2, 0.25) is 0 Å². The normalized spacial score (nSPS) is 15.4. The number of halogens is 1. The molecule has 0 saturated heterocycles. The zero-order chi connectivity index (χ0) is 10.2. The Morgan fingerprint density at radius 1 is 1.13 bits per heavy atom. The van der Waals surface area contributed by atoms with Crippen LogP contribution in [-0.4, -0.2) is 6.54 Å². The van der Waals surface area contributed by atoms with Crippen LogP contribution in [0.4, 0.5) is 0 Å². The largest absolute Gasteiger partial charge is 0.312 e. The molecule has 1 aromatic rings.